The van der Waals surface area contributed by atoms with Crippen LogP contribution in [0.15, 0.2) is 0 Å². The number of phosphoric ester groups is 2. The fraction of sp³-hybridized carbons (Fsp3) is 0.952. The van der Waals surface area contributed by atoms with Crippen molar-refractivity contribution in [2.45, 2.75) is 458 Å². The van der Waals surface area contributed by atoms with Crippen molar-refractivity contribution in [3.05, 3.63) is 0 Å². The van der Waals surface area contributed by atoms with Gasteiger partial charge in [0, 0.05) is 25.7 Å². The molecule has 102 heavy (non-hydrogen) atoms. The van der Waals surface area contributed by atoms with Crippen LogP contribution in [0.4, 0.5) is 0 Å². The quantitative estimate of drug-likeness (QED) is 0.0222. The monoisotopic (exact) mass is 1490 g/mol. The highest BCUT2D eigenvalue weighted by Gasteiger charge is 2.30. The van der Waals surface area contributed by atoms with E-state index in [9.17, 15) is 43.2 Å². The van der Waals surface area contributed by atoms with Gasteiger partial charge in [0.2, 0.25) is 0 Å². The lowest BCUT2D eigenvalue weighted by atomic mass is 10.0. The Kier molecular flexibility index (Phi) is 73.1. The Labute approximate surface area is 626 Å². The molecule has 0 radical (unpaired) electrons. The molecule has 0 aromatic rings. The van der Waals surface area contributed by atoms with E-state index in [1.165, 1.54) is 244 Å². The van der Waals surface area contributed by atoms with E-state index >= 15 is 0 Å². The number of phosphoric acid groups is 2. The molecule has 0 amide bonds. The fourth-order valence-corrected chi connectivity index (χ4v) is 14.5. The van der Waals surface area contributed by atoms with Crippen molar-refractivity contribution in [1.29, 1.82) is 0 Å². The molecule has 0 aromatic heterocycles. The SMILES string of the molecule is CCCCCCCCCCCCCCCCCCCCCCCCC(=O)O[C@H](COC(=O)CCCCCCCCCCCCCCCCCCC(C)C)COP(=O)(O)OC[C@@H](O)COP(=O)(O)OC[C@@H](COC(=O)CCCCCCCCC)OC(=O)CCCCCCCCCCCCCC(C)C. The third kappa shape index (κ3) is 76.3. The Balaban J connectivity index is 5.16. The Hall–Kier alpha value is -1.94. The van der Waals surface area contributed by atoms with E-state index in [-0.39, 0.29) is 25.7 Å². The number of aliphatic hydroxyl groups is 1. The summed E-state index contributed by atoms with van der Waals surface area (Å²) in [5, 5.41) is 10.6. The number of carbonyl (C=O) groups excluding carboxylic acids is 4. The van der Waals surface area contributed by atoms with Gasteiger partial charge in [-0.2, -0.15) is 0 Å². The third-order valence-electron chi connectivity index (χ3n) is 19.5. The van der Waals surface area contributed by atoms with Crippen LogP contribution < -0.4 is 0 Å². The number of rotatable bonds is 82. The highest BCUT2D eigenvalue weighted by Crippen LogP contribution is 2.45. The molecule has 0 aliphatic rings. The van der Waals surface area contributed by atoms with Crippen LogP contribution in [-0.4, -0.2) is 96.7 Å². The average molecular weight is 1490 g/mol. The number of ether oxygens (including phenoxy) is 4. The first-order chi connectivity index (χ1) is 49.4. The molecule has 0 rings (SSSR count). The molecule has 0 fully saturated rings. The minimum absolute atomic E-state index is 0.106. The van der Waals surface area contributed by atoms with Gasteiger partial charge in [0.05, 0.1) is 26.4 Å². The van der Waals surface area contributed by atoms with Crippen LogP contribution in [0.3, 0.4) is 0 Å². The lowest BCUT2D eigenvalue weighted by Gasteiger charge is -2.21. The summed E-state index contributed by atoms with van der Waals surface area (Å²) >= 11 is 0. The zero-order valence-corrected chi connectivity index (χ0v) is 68.7. The molecule has 0 spiro atoms. The van der Waals surface area contributed by atoms with E-state index in [2.05, 4.69) is 41.5 Å². The number of hydrogen-bond donors (Lipinski definition) is 3. The molecule has 3 N–H and O–H groups in total. The van der Waals surface area contributed by atoms with Crippen molar-refractivity contribution < 1.29 is 80.2 Å². The largest absolute Gasteiger partial charge is 0.472 e. The van der Waals surface area contributed by atoms with E-state index in [1.54, 1.807) is 0 Å². The van der Waals surface area contributed by atoms with Crippen LogP contribution in [0.2, 0.25) is 0 Å². The Morgan fingerprint density at radius 1 is 0.265 bits per heavy atom. The Morgan fingerprint density at radius 2 is 0.451 bits per heavy atom. The van der Waals surface area contributed by atoms with E-state index in [0.29, 0.717) is 25.7 Å². The minimum atomic E-state index is -4.96. The van der Waals surface area contributed by atoms with Gasteiger partial charge in [-0.05, 0) is 37.5 Å². The zero-order valence-electron chi connectivity index (χ0n) is 66.9. The van der Waals surface area contributed by atoms with Gasteiger partial charge in [0.1, 0.15) is 19.3 Å². The van der Waals surface area contributed by atoms with E-state index in [4.69, 9.17) is 37.0 Å². The summed E-state index contributed by atoms with van der Waals surface area (Å²) in [7, 11) is -9.92. The first-order valence-electron chi connectivity index (χ1n) is 43.0. The van der Waals surface area contributed by atoms with Gasteiger partial charge in [-0.15, -0.1) is 0 Å². The first kappa shape index (κ1) is 100. The second-order valence-electron chi connectivity index (χ2n) is 30.8. The summed E-state index contributed by atoms with van der Waals surface area (Å²) < 4.78 is 68.6. The van der Waals surface area contributed by atoms with Gasteiger partial charge < -0.3 is 33.8 Å². The van der Waals surface area contributed by atoms with Crippen molar-refractivity contribution in [2.75, 3.05) is 39.6 Å². The lowest BCUT2D eigenvalue weighted by molar-refractivity contribution is -0.161. The Bertz CT molecular complexity index is 1960. The molecule has 0 aromatic carbocycles. The van der Waals surface area contributed by atoms with Crippen LogP contribution in [0, 0.1) is 11.8 Å². The number of aliphatic hydroxyl groups excluding tert-OH is 1. The third-order valence-corrected chi connectivity index (χ3v) is 21.4. The molecule has 0 heterocycles. The second-order valence-corrected chi connectivity index (χ2v) is 33.7. The number of unbranched alkanes of at least 4 members (excludes halogenated alkanes) is 52. The fourth-order valence-electron chi connectivity index (χ4n) is 12.9. The maximum absolute atomic E-state index is 13.1. The second kappa shape index (κ2) is 74.5. The average Bonchev–Trinajstić information content (AvgIpc) is 0.933. The summed E-state index contributed by atoms with van der Waals surface area (Å²) in [6.45, 7) is 9.63. The summed E-state index contributed by atoms with van der Waals surface area (Å²) in [6, 6.07) is 0. The molecular formula is C83H162O17P2. The maximum Gasteiger partial charge on any atom is 0.472 e. The summed E-state index contributed by atoms with van der Waals surface area (Å²) in [6.07, 6.45) is 65.6. The van der Waals surface area contributed by atoms with Gasteiger partial charge in [0.15, 0.2) is 12.2 Å². The van der Waals surface area contributed by atoms with Crippen molar-refractivity contribution in [3.8, 4) is 0 Å². The van der Waals surface area contributed by atoms with Crippen LogP contribution in [0.25, 0.3) is 0 Å². The number of esters is 4. The van der Waals surface area contributed by atoms with Crippen molar-refractivity contribution in [1.82, 2.24) is 0 Å². The van der Waals surface area contributed by atoms with Crippen LogP contribution in [0.1, 0.15) is 440 Å². The van der Waals surface area contributed by atoms with E-state index < -0.39 is 97.5 Å². The van der Waals surface area contributed by atoms with E-state index in [1.807, 2.05) is 0 Å². The van der Waals surface area contributed by atoms with Crippen LogP contribution in [-0.2, 0) is 65.4 Å². The Morgan fingerprint density at radius 3 is 0.667 bits per heavy atom. The molecule has 0 aliphatic heterocycles. The number of hydrogen-bond acceptors (Lipinski definition) is 15. The molecule has 17 nitrogen and oxygen atoms in total. The zero-order chi connectivity index (χ0) is 74.9. The van der Waals surface area contributed by atoms with Crippen molar-refractivity contribution in [2.24, 2.45) is 11.8 Å². The molecule has 19 heteroatoms. The predicted octanol–water partition coefficient (Wildman–Crippen LogP) is 25.1. The summed E-state index contributed by atoms with van der Waals surface area (Å²) in [5.74, 6) is -0.534. The van der Waals surface area contributed by atoms with E-state index in [0.717, 1.165) is 115 Å². The standard InChI is InChI=1S/C83H162O17P2/c1-7-9-11-13-15-16-17-18-19-20-21-22-23-24-25-30-33-38-43-49-55-61-67-82(87)100-79(72-94-81(86)66-60-54-48-42-37-32-29-27-26-28-31-35-40-46-51-57-63-75(3)4)74-98-102(91,92)96-70-77(84)69-95-101(89,90)97-73-78(71-93-80(85)65-59-53-45-14-12-10-8-2)99-83(88)68-62-56-50-44-39-34-36-41-47-52-58-64-76(5)6/h75-79,84H,7-74H2,1-6H3,(H,89,90)(H,91,92)/t77-,78+,79+/m0/s1. The van der Waals surface area contributed by atoms with Crippen LogP contribution >= 0.6 is 15.6 Å². The molecule has 0 bridgehead atoms. The maximum atomic E-state index is 13.1. The van der Waals surface area contributed by atoms with Gasteiger partial charge in [-0.25, -0.2) is 9.13 Å². The summed E-state index contributed by atoms with van der Waals surface area (Å²) in [5.41, 5.74) is 0. The molecule has 0 saturated heterocycles. The van der Waals surface area contributed by atoms with Crippen molar-refractivity contribution >= 4 is 39.5 Å². The molecule has 2 unspecified atom stereocenters. The number of carbonyl (C=O) groups is 4. The highest BCUT2D eigenvalue weighted by atomic mass is 31.2. The molecular weight excluding hydrogens is 1330 g/mol. The lowest BCUT2D eigenvalue weighted by Crippen LogP contribution is -2.30. The first-order valence-corrected chi connectivity index (χ1v) is 46.0. The molecule has 0 saturated carbocycles. The molecule has 0 aliphatic carbocycles. The minimum Gasteiger partial charge on any atom is -0.462 e. The molecule has 606 valence electrons. The summed E-state index contributed by atoms with van der Waals surface area (Å²) in [4.78, 5) is 72.9. The smallest absolute Gasteiger partial charge is 0.462 e. The van der Waals surface area contributed by atoms with Gasteiger partial charge in [-0.3, -0.25) is 37.3 Å². The normalized spacial score (nSPS) is 13.9. The highest BCUT2D eigenvalue weighted by molar-refractivity contribution is 7.47. The van der Waals surface area contributed by atoms with Crippen LogP contribution in [0.5, 0.6) is 0 Å². The topological polar surface area (TPSA) is 237 Å². The van der Waals surface area contributed by atoms with Gasteiger partial charge in [-0.1, -0.05) is 388 Å². The molecule has 5 atom stereocenters. The van der Waals surface area contributed by atoms with Gasteiger partial charge >= 0.3 is 39.5 Å². The predicted molar refractivity (Wildman–Crippen MR) is 418 cm³/mol. The van der Waals surface area contributed by atoms with Gasteiger partial charge in [0.25, 0.3) is 0 Å². The van der Waals surface area contributed by atoms with Crippen molar-refractivity contribution in [3.63, 3.8) is 0 Å².